The number of carbonyl (C=O) groups is 2. The van der Waals surface area contributed by atoms with Crippen LogP contribution in [0.4, 0.5) is 10.1 Å². The van der Waals surface area contributed by atoms with E-state index in [0.717, 1.165) is 6.07 Å². The molecule has 0 heterocycles. The van der Waals surface area contributed by atoms with E-state index in [-0.39, 0.29) is 11.3 Å². The second-order valence-corrected chi connectivity index (χ2v) is 3.59. The Morgan fingerprint density at radius 3 is 2.72 bits per heavy atom. The van der Waals surface area contributed by atoms with E-state index >= 15 is 0 Å². The highest BCUT2D eigenvalue weighted by molar-refractivity contribution is 5.94. The lowest BCUT2D eigenvalue weighted by Gasteiger charge is -2.09. The molecule has 1 aromatic carbocycles. The van der Waals surface area contributed by atoms with Crippen LogP contribution in [-0.4, -0.2) is 18.0 Å². The molecular weight excluding hydrogens is 237 g/mol. The SMILES string of the molecule is C#C[C@@H](C)OC(=O)c1ccc(F)c(NC(C)=O)c1. The Balaban J connectivity index is 2.94. The van der Waals surface area contributed by atoms with E-state index in [1.54, 1.807) is 0 Å². The number of amides is 1. The largest absolute Gasteiger partial charge is 0.446 e. The van der Waals surface area contributed by atoms with Gasteiger partial charge in [0.1, 0.15) is 5.82 Å². The third-order valence-corrected chi connectivity index (χ3v) is 2.03. The Morgan fingerprint density at radius 2 is 2.17 bits per heavy atom. The number of anilines is 1. The zero-order valence-corrected chi connectivity index (χ0v) is 9.99. The average Bonchev–Trinajstić information content (AvgIpc) is 2.31. The fourth-order valence-corrected chi connectivity index (χ4v) is 1.20. The molecule has 0 fully saturated rings. The molecule has 0 unspecified atom stereocenters. The number of esters is 1. The highest BCUT2D eigenvalue weighted by Crippen LogP contribution is 2.17. The van der Waals surface area contributed by atoms with Gasteiger partial charge in [-0.2, -0.15) is 0 Å². The third-order valence-electron chi connectivity index (χ3n) is 2.03. The standard InChI is InChI=1S/C13H12FNO3/c1-4-8(2)18-13(17)10-5-6-11(14)12(7-10)15-9(3)16/h1,5-8H,2-3H3,(H,15,16)/t8-/m1/s1. The van der Waals surface area contributed by atoms with Crippen molar-refractivity contribution < 1.29 is 18.7 Å². The lowest BCUT2D eigenvalue weighted by Crippen LogP contribution is -2.14. The first kappa shape index (κ1) is 13.7. The first-order valence-electron chi connectivity index (χ1n) is 5.18. The number of carbonyl (C=O) groups excluding carboxylic acids is 2. The van der Waals surface area contributed by atoms with E-state index in [1.165, 1.54) is 26.0 Å². The van der Waals surface area contributed by atoms with Crippen molar-refractivity contribution in [3.63, 3.8) is 0 Å². The Morgan fingerprint density at radius 1 is 1.50 bits per heavy atom. The molecular formula is C13H12FNO3. The maximum absolute atomic E-state index is 13.3. The summed E-state index contributed by atoms with van der Waals surface area (Å²) in [6.45, 7) is 2.78. The quantitative estimate of drug-likeness (QED) is 0.658. The highest BCUT2D eigenvalue weighted by Gasteiger charge is 2.13. The van der Waals surface area contributed by atoms with Crippen molar-refractivity contribution >= 4 is 17.6 Å². The van der Waals surface area contributed by atoms with Crippen LogP contribution in [0.1, 0.15) is 24.2 Å². The van der Waals surface area contributed by atoms with Crippen molar-refractivity contribution in [2.24, 2.45) is 0 Å². The van der Waals surface area contributed by atoms with Crippen LogP contribution in [0.3, 0.4) is 0 Å². The summed E-state index contributed by atoms with van der Waals surface area (Å²) in [4.78, 5) is 22.5. The molecule has 0 saturated heterocycles. The van der Waals surface area contributed by atoms with Gasteiger partial charge >= 0.3 is 5.97 Å². The summed E-state index contributed by atoms with van der Waals surface area (Å²) in [7, 11) is 0. The minimum Gasteiger partial charge on any atom is -0.446 e. The molecule has 0 aliphatic rings. The molecule has 1 N–H and O–H groups in total. The van der Waals surface area contributed by atoms with E-state index in [2.05, 4.69) is 11.2 Å². The number of benzene rings is 1. The Hall–Kier alpha value is -2.35. The van der Waals surface area contributed by atoms with Gasteiger partial charge in [0.25, 0.3) is 0 Å². The van der Waals surface area contributed by atoms with Gasteiger partial charge in [-0.25, -0.2) is 9.18 Å². The molecule has 0 aliphatic heterocycles. The monoisotopic (exact) mass is 249 g/mol. The topological polar surface area (TPSA) is 55.4 Å². The van der Waals surface area contributed by atoms with E-state index in [1.807, 2.05) is 0 Å². The minimum atomic E-state index is -0.674. The lowest BCUT2D eigenvalue weighted by atomic mass is 10.2. The Kier molecular flexibility index (Phi) is 4.44. The first-order chi connectivity index (χ1) is 8.43. The summed E-state index contributed by atoms with van der Waals surface area (Å²) in [6.07, 6.45) is 4.40. The van der Waals surface area contributed by atoms with Crippen LogP contribution in [0.15, 0.2) is 18.2 Å². The zero-order valence-electron chi connectivity index (χ0n) is 9.99. The van der Waals surface area contributed by atoms with Crippen molar-refractivity contribution in [3.8, 4) is 12.3 Å². The fourth-order valence-electron chi connectivity index (χ4n) is 1.20. The van der Waals surface area contributed by atoms with E-state index in [0.29, 0.717) is 0 Å². The van der Waals surface area contributed by atoms with Gasteiger partial charge < -0.3 is 10.1 Å². The molecule has 0 radical (unpaired) electrons. The van der Waals surface area contributed by atoms with Gasteiger partial charge in [0.15, 0.2) is 6.10 Å². The summed E-state index contributed by atoms with van der Waals surface area (Å²) in [5.41, 5.74) is 0.0348. The number of hydrogen-bond donors (Lipinski definition) is 1. The van der Waals surface area contributed by atoms with Gasteiger partial charge in [-0.05, 0) is 25.1 Å². The number of ether oxygens (including phenoxy) is 1. The molecule has 0 saturated carbocycles. The maximum atomic E-state index is 13.3. The third kappa shape index (κ3) is 3.59. The van der Waals surface area contributed by atoms with Crippen molar-refractivity contribution in [3.05, 3.63) is 29.6 Å². The van der Waals surface area contributed by atoms with Crippen LogP contribution in [-0.2, 0) is 9.53 Å². The molecule has 1 atom stereocenters. The zero-order chi connectivity index (χ0) is 13.7. The normalized spacial score (nSPS) is 11.2. The average molecular weight is 249 g/mol. The highest BCUT2D eigenvalue weighted by atomic mass is 19.1. The predicted molar refractivity (Wildman–Crippen MR) is 64.4 cm³/mol. The maximum Gasteiger partial charge on any atom is 0.339 e. The van der Waals surface area contributed by atoms with Gasteiger partial charge in [-0.1, -0.05) is 5.92 Å². The van der Waals surface area contributed by atoms with Crippen LogP contribution in [0.2, 0.25) is 0 Å². The molecule has 0 bridgehead atoms. The second-order valence-electron chi connectivity index (χ2n) is 3.59. The Labute approximate surface area is 104 Å². The molecule has 5 heteroatoms. The first-order valence-corrected chi connectivity index (χ1v) is 5.18. The molecule has 0 aliphatic carbocycles. The van der Waals surface area contributed by atoms with Crippen molar-refractivity contribution in [2.75, 3.05) is 5.32 Å². The molecule has 94 valence electrons. The van der Waals surface area contributed by atoms with Crippen LogP contribution < -0.4 is 5.32 Å². The van der Waals surface area contributed by atoms with Crippen LogP contribution >= 0.6 is 0 Å². The summed E-state index contributed by atoms with van der Waals surface area (Å²) in [5, 5.41) is 2.27. The van der Waals surface area contributed by atoms with Gasteiger partial charge in [0.05, 0.1) is 11.3 Å². The van der Waals surface area contributed by atoms with Gasteiger partial charge in [-0.3, -0.25) is 4.79 Å². The van der Waals surface area contributed by atoms with Crippen molar-refractivity contribution in [1.29, 1.82) is 0 Å². The molecule has 1 rings (SSSR count). The second kappa shape index (κ2) is 5.82. The molecule has 18 heavy (non-hydrogen) atoms. The number of halogens is 1. The molecule has 1 amide bonds. The minimum absolute atomic E-state index is 0.0784. The summed E-state index contributed by atoms with van der Waals surface area (Å²) in [6, 6.07) is 3.52. The fraction of sp³-hybridized carbons (Fsp3) is 0.231. The summed E-state index contributed by atoms with van der Waals surface area (Å²) < 4.78 is 18.2. The molecule has 0 spiro atoms. The van der Waals surface area contributed by atoms with Crippen LogP contribution in [0.5, 0.6) is 0 Å². The molecule has 4 nitrogen and oxygen atoms in total. The van der Waals surface area contributed by atoms with Gasteiger partial charge in [0.2, 0.25) is 5.91 Å². The number of hydrogen-bond acceptors (Lipinski definition) is 3. The Bertz CT molecular complexity index is 519. The molecule has 0 aromatic heterocycles. The van der Waals surface area contributed by atoms with E-state index in [4.69, 9.17) is 11.2 Å². The van der Waals surface area contributed by atoms with Gasteiger partial charge in [0, 0.05) is 6.92 Å². The summed E-state index contributed by atoms with van der Waals surface area (Å²) >= 11 is 0. The lowest BCUT2D eigenvalue weighted by molar-refractivity contribution is -0.114. The van der Waals surface area contributed by atoms with Crippen LogP contribution in [0, 0.1) is 18.2 Å². The predicted octanol–water partition coefficient (Wildman–Crippen LogP) is 1.96. The molecule has 1 aromatic rings. The number of terminal acetylenes is 1. The number of nitrogens with one attached hydrogen (secondary N) is 1. The van der Waals surface area contributed by atoms with E-state index in [9.17, 15) is 14.0 Å². The van der Waals surface area contributed by atoms with Crippen LogP contribution in [0.25, 0.3) is 0 Å². The number of rotatable bonds is 3. The van der Waals surface area contributed by atoms with Gasteiger partial charge in [-0.15, -0.1) is 6.42 Å². The van der Waals surface area contributed by atoms with Crippen molar-refractivity contribution in [2.45, 2.75) is 20.0 Å². The summed E-state index contributed by atoms with van der Waals surface area (Å²) in [5.74, 6) is 0.496. The smallest absolute Gasteiger partial charge is 0.339 e. The van der Waals surface area contributed by atoms with Crippen molar-refractivity contribution in [1.82, 2.24) is 0 Å². The van der Waals surface area contributed by atoms with E-state index < -0.39 is 23.8 Å².